The van der Waals surface area contributed by atoms with Crippen molar-refractivity contribution >= 4 is 11.6 Å². The Kier molecular flexibility index (Phi) is 3.96. The van der Waals surface area contributed by atoms with Crippen molar-refractivity contribution in [2.24, 2.45) is 0 Å². The summed E-state index contributed by atoms with van der Waals surface area (Å²) < 4.78 is 0. The van der Waals surface area contributed by atoms with E-state index in [-0.39, 0.29) is 13.3 Å². The van der Waals surface area contributed by atoms with Crippen molar-refractivity contribution in [3.05, 3.63) is 30.3 Å². The van der Waals surface area contributed by atoms with Crippen LogP contribution in [0.3, 0.4) is 0 Å². The molecule has 1 amide bonds. The first-order valence-corrected chi connectivity index (χ1v) is 3.11. The molecule has 0 atom stereocenters. The van der Waals surface area contributed by atoms with Gasteiger partial charge in [0.2, 0.25) is 5.91 Å². The molecule has 0 bridgehead atoms. The average molecular weight is 151 g/mol. The van der Waals surface area contributed by atoms with Crippen LogP contribution in [0.2, 0.25) is 0 Å². The smallest absolute Gasteiger partial charge is 0.221 e. The van der Waals surface area contributed by atoms with Gasteiger partial charge in [-0.3, -0.25) is 4.79 Å². The van der Waals surface area contributed by atoms with Gasteiger partial charge in [-0.2, -0.15) is 0 Å². The highest BCUT2D eigenvalue weighted by molar-refractivity contribution is 5.88. The molecule has 2 nitrogen and oxygen atoms in total. The third kappa shape index (κ3) is 3.40. The lowest BCUT2D eigenvalue weighted by molar-refractivity contribution is -0.114. The predicted molar refractivity (Wildman–Crippen MR) is 47.5 cm³/mol. The van der Waals surface area contributed by atoms with Crippen LogP contribution < -0.4 is 5.32 Å². The highest BCUT2D eigenvalue weighted by atomic mass is 16.1. The van der Waals surface area contributed by atoms with Crippen molar-refractivity contribution < 1.29 is 4.79 Å². The van der Waals surface area contributed by atoms with E-state index in [2.05, 4.69) is 5.32 Å². The largest absolute Gasteiger partial charge is 0.326 e. The summed E-state index contributed by atoms with van der Waals surface area (Å²) in [6.45, 7) is 1.49. The molecule has 0 aliphatic carbocycles. The molecule has 0 radical (unpaired) electrons. The lowest BCUT2D eigenvalue weighted by Gasteiger charge is -1.98. The summed E-state index contributed by atoms with van der Waals surface area (Å²) >= 11 is 0. The van der Waals surface area contributed by atoms with Crippen molar-refractivity contribution in [3.8, 4) is 0 Å². The minimum atomic E-state index is -0.0359. The van der Waals surface area contributed by atoms with Gasteiger partial charge < -0.3 is 5.32 Å². The first-order chi connectivity index (χ1) is 4.79. The van der Waals surface area contributed by atoms with Crippen LogP contribution in [0.1, 0.15) is 14.4 Å². The second-order valence-corrected chi connectivity index (χ2v) is 2.05. The Balaban J connectivity index is 0.000001000. The molecule has 0 spiro atoms. The molecule has 0 saturated heterocycles. The number of hydrogen-bond donors (Lipinski definition) is 1. The molecule has 0 heterocycles. The van der Waals surface area contributed by atoms with Crippen LogP contribution in [-0.2, 0) is 4.79 Å². The van der Waals surface area contributed by atoms with Gasteiger partial charge in [0, 0.05) is 12.6 Å². The topological polar surface area (TPSA) is 29.1 Å². The van der Waals surface area contributed by atoms with Gasteiger partial charge >= 0.3 is 0 Å². The van der Waals surface area contributed by atoms with Crippen LogP contribution in [0, 0.1) is 0 Å². The van der Waals surface area contributed by atoms with Crippen LogP contribution in [-0.4, -0.2) is 5.91 Å². The van der Waals surface area contributed by atoms with Gasteiger partial charge in [-0.25, -0.2) is 0 Å². The van der Waals surface area contributed by atoms with Gasteiger partial charge in [0.1, 0.15) is 0 Å². The zero-order valence-electron chi connectivity index (χ0n) is 5.79. The quantitative estimate of drug-likeness (QED) is 0.655. The fourth-order valence-electron chi connectivity index (χ4n) is 0.725. The Bertz CT molecular complexity index is 218. The standard InChI is InChI=1S/C8H9NO.CH4/c1-7(10)9-8-5-3-2-4-6-8;/h2-6H,1H3,(H,9,10);1H4. The fourth-order valence-corrected chi connectivity index (χ4v) is 0.725. The van der Waals surface area contributed by atoms with E-state index in [9.17, 15) is 4.79 Å². The van der Waals surface area contributed by atoms with Crippen LogP contribution in [0.15, 0.2) is 30.3 Å². The minimum absolute atomic E-state index is 0. The van der Waals surface area contributed by atoms with E-state index < -0.39 is 0 Å². The van der Waals surface area contributed by atoms with E-state index in [1.54, 1.807) is 0 Å². The van der Waals surface area contributed by atoms with E-state index in [1.807, 2.05) is 30.3 Å². The number of rotatable bonds is 1. The van der Waals surface area contributed by atoms with E-state index in [1.165, 1.54) is 6.92 Å². The van der Waals surface area contributed by atoms with Gasteiger partial charge in [0.05, 0.1) is 0 Å². The molecule has 0 aliphatic heterocycles. The molecule has 11 heavy (non-hydrogen) atoms. The normalized spacial score (nSPS) is 8.09. The summed E-state index contributed by atoms with van der Waals surface area (Å²) in [5, 5.41) is 2.67. The maximum Gasteiger partial charge on any atom is 0.221 e. The van der Waals surface area contributed by atoms with Crippen LogP contribution in [0.25, 0.3) is 0 Å². The summed E-state index contributed by atoms with van der Waals surface area (Å²) in [6, 6.07) is 9.37. The van der Waals surface area contributed by atoms with Gasteiger partial charge in [-0.1, -0.05) is 25.6 Å². The molecule has 1 N–H and O–H groups in total. The minimum Gasteiger partial charge on any atom is -0.326 e. The Labute approximate surface area is 67.2 Å². The van der Waals surface area contributed by atoms with Crippen molar-refractivity contribution in [1.29, 1.82) is 0 Å². The van der Waals surface area contributed by atoms with Crippen LogP contribution in [0.5, 0.6) is 0 Å². The lowest BCUT2D eigenvalue weighted by atomic mass is 10.3. The molecule has 0 saturated carbocycles. The summed E-state index contributed by atoms with van der Waals surface area (Å²) in [4.78, 5) is 10.5. The van der Waals surface area contributed by atoms with Crippen LogP contribution >= 0.6 is 0 Å². The molecule has 0 aliphatic rings. The van der Waals surface area contributed by atoms with Gasteiger partial charge in [0.25, 0.3) is 0 Å². The van der Waals surface area contributed by atoms with E-state index in [0.717, 1.165) is 5.69 Å². The molecule has 1 aromatic rings. The Morgan fingerprint density at radius 1 is 1.27 bits per heavy atom. The van der Waals surface area contributed by atoms with E-state index in [4.69, 9.17) is 0 Å². The number of hydrogen-bond acceptors (Lipinski definition) is 1. The molecule has 60 valence electrons. The molecular formula is C9H13NO. The van der Waals surface area contributed by atoms with Crippen molar-refractivity contribution in [1.82, 2.24) is 0 Å². The van der Waals surface area contributed by atoms with Crippen molar-refractivity contribution in [2.45, 2.75) is 14.4 Å². The average Bonchev–Trinajstić information content (AvgIpc) is 1.88. The molecule has 0 fully saturated rings. The lowest BCUT2D eigenvalue weighted by Crippen LogP contribution is -2.04. The molecule has 0 aromatic heterocycles. The number of para-hydroxylation sites is 1. The summed E-state index contributed by atoms with van der Waals surface area (Å²) in [7, 11) is 0. The second-order valence-electron chi connectivity index (χ2n) is 2.05. The highest BCUT2D eigenvalue weighted by Gasteiger charge is 1.90. The first kappa shape index (κ1) is 9.69. The molecule has 1 aromatic carbocycles. The van der Waals surface area contributed by atoms with E-state index >= 15 is 0 Å². The zero-order chi connectivity index (χ0) is 7.40. The van der Waals surface area contributed by atoms with Crippen molar-refractivity contribution in [2.75, 3.05) is 5.32 Å². The van der Waals surface area contributed by atoms with Crippen LogP contribution in [0.4, 0.5) is 5.69 Å². The molecule has 0 unspecified atom stereocenters. The number of anilines is 1. The SMILES string of the molecule is C.CC(=O)Nc1ccccc1. The molecule has 2 heteroatoms. The molecule has 1 rings (SSSR count). The fraction of sp³-hybridized carbons (Fsp3) is 0.222. The van der Waals surface area contributed by atoms with Gasteiger partial charge in [-0.15, -0.1) is 0 Å². The third-order valence-corrected chi connectivity index (χ3v) is 1.09. The second kappa shape index (κ2) is 4.50. The zero-order valence-corrected chi connectivity index (χ0v) is 5.79. The summed E-state index contributed by atoms with van der Waals surface area (Å²) in [6.07, 6.45) is 0. The Hall–Kier alpha value is -1.31. The van der Waals surface area contributed by atoms with E-state index in [0.29, 0.717) is 0 Å². The number of amides is 1. The predicted octanol–water partition coefficient (Wildman–Crippen LogP) is 2.28. The summed E-state index contributed by atoms with van der Waals surface area (Å²) in [5.41, 5.74) is 0.843. The monoisotopic (exact) mass is 151 g/mol. The maximum atomic E-state index is 10.5. The highest BCUT2D eigenvalue weighted by Crippen LogP contribution is 2.03. The Morgan fingerprint density at radius 2 is 1.82 bits per heavy atom. The Morgan fingerprint density at radius 3 is 2.27 bits per heavy atom. The summed E-state index contributed by atoms with van der Waals surface area (Å²) in [5.74, 6) is -0.0359. The maximum absolute atomic E-state index is 10.5. The number of benzene rings is 1. The van der Waals surface area contributed by atoms with Crippen molar-refractivity contribution in [3.63, 3.8) is 0 Å². The van der Waals surface area contributed by atoms with Gasteiger partial charge in [-0.05, 0) is 12.1 Å². The molecular weight excluding hydrogens is 138 g/mol. The first-order valence-electron chi connectivity index (χ1n) is 3.11. The number of carbonyl (C=O) groups is 1. The third-order valence-electron chi connectivity index (χ3n) is 1.09. The number of carbonyl (C=O) groups excluding carboxylic acids is 1. The number of nitrogens with one attached hydrogen (secondary N) is 1. The van der Waals surface area contributed by atoms with Gasteiger partial charge in [0.15, 0.2) is 0 Å².